The van der Waals surface area contributed by atoms with Gasteiger partial charge in [0.1, 0.15) is 6.26 Å². The summed E-state index contributed by atoms with van der Waals surface area (Å²) >= 11 is -1.21. The number of fused-ring (bicyclic) bond motifs is 1. The lowest BCUT2D eigenvalue weighted by atomic mass is 10.2. The van der Waals surface area contributed by atoms with E-state index in [1.165, 1.54) is 10.8 Å². The molecule has 0 bridgehead atoms. The van der Waals surface area contributed by atoms with Gasteiger partial charge >= 0.3 is 5.69 Å². The summed E-state index contributed by atoms with van der Waals surface area (Å²) in [5.74, 6) is 0. The van der Waals surface area contributed by atoms with Crippen LogP contribution in [-0.4, -0.2) is 29.9 Å². The molecule has 1 atom stereocenters. The lowest BCUT2D eigenvalue weighted by Gasteiger charge is -2.14. The van der Waals surface area contributed by atoms with Gasteiger partial charge in [0.05, 0.1) is 17.6 Å². The van der Waals surface area contributed by atoms with Crippen molar-refractivity contribution in [1.82, 2.24) is 19.1 Å². The average Bonchev–Trinajstić information content (AvgIpc) is 2.72. The molecule has 4 rings (SSSR count). The predicted octanol–water partition coefficient (Wildman–Crippen LogP) is 1.73. The molecule has 0 aliphatic heterocycles. The number of nitrogens with zero attached hydrogens (tertiary/aromatic N) is 4. The van der Waals surface area contributed by atoms with E-state index in [1.54, 1.807) is 67.2 Å². The standard InChI is InChI=1S/C20H16N4O3S/c1-28(27)16-7-2-6-15(11-16)24-18-17(8-4-10-22-18)19(25)23(20(24)26)13-14-5-3-9-21-12-14/h2-12H,13H2,1H3. The van der Waals surface area contributed by atoms with E-state index in [0.717, 1.165) is 10.1 Å². The van der Waals surface area contributed by atoms with Crippen molar-refractivity contribution >= 4 is 22.2 Å². The van der Waals surface area contributed by atoms with Gasteiger partial charge < -0.3 is 4.55 Å². The van der Waals surface area contributed by atoms with E-state index in [9.17, 15) is 14.1 Å². The Bertz CT molecular complexity index is 1270. The van der Waals surface area contributed by atoms with Gasteiger partial charge in [0, 0.05) is 24.7 Å². The fourth-order valence-electron chi connectivity index (χ4n) is 3.03. The maximum absolute atomic E-state index is 13.3. The highest BCUT2D eigenvalue weighted by molar-refractivity contribution is 7.90. The summed E-state index contributed by atoms with van der Waals surface area (Å²) in [5.41, 5.74) is 0.572. The summed E-state index contributed by atoms with van der Waals surface area (Å²) in [7, 11) is 0. The summed E-state index contributed by atoms with van der Waals surface area (Å²) < 4.78 is 14.4. The Morgan fingerprint density at radius 2 is 1.89 bits per heavy atom. The van der Waals surface area contributed by atoms with Crippen molar-refractivity contribution in [2.24, 2.45) is 0 Å². The Balaban J connectivity index is 2.02. The van der Waals surface area contributed by atoms with E-state index in [2.05, 4.69) is 9.97 Å². The summed E-state index contributed by atoms with van der Waals surface area (Å²) in [6.45, 7) is 0.0930. The summed E-state index contributed by atoms with van der Waals surface area (Å²) in [6, 6.07) is 13.7. The van der Waals surface area contributed by atoms with Gasteiger partial charge in [-0.05, 0) is 47.1 Å². The van der Waals surface area contributed by atoms with Gasteiger partial charge in [0.2, 0.25) is 0 Å². The van der Waals surface area contributed by atoms with Crippen molar-refractivity contribution in [2.75, 3.05) is 6.26 Å². The number of hydrogen-bond donors (Lipinski definition) is 0. The van der Waals surface area contributed by atoms with E-state index in [1.807, 2.05) is 0 Å². The van der Waals surface area contributed by atoms with Gasteiger partial charge in [-0.15, -0.1) is 0 Å². The minimum atomic E-state index is -1.21. The zero-order valence-electron chi connectivity index (χ0n) is 15.0. The molecule has 0 N–H and O–H groups in total. The minimum Gasteiger partial charge on any atom is -0.612 e. The number of benzene rings is 1. The van der Waals surface area contributed by atoms with Crippen LogP contribution in [0.2, 0.25) is 0 Å². The zero-order valence-corrected chi connectivity index (χ0v) is 15.8. The second-order valence-electron chi connectivity index (χ2n) is 6.20. The molecule has 7 nitrogen and oxygen atoms in total. The van der Waals surface area contributed by atoms with Crippen LogP contribution in [0.1, 0.15) is 5.56 Å². The number of rotatable bonds is 4. The highest BCUT2D eigenvalue weighted by atomic mass is 32.2. The van der Waals surface area contributed by atoms with Crippen LogP contribution in [0, 0.1) is 0 Å². The smallest absolute Gasteiger partial charge is 0.337 e. The van der Waals surface area contributed by atoms with Gasteiger partial charge in [0.25, 0.3) is 5.56 Å². The molecule has 0 aliphatic rings. The molecule has 4 aromatic rings. The molecule has 8 heteroatoms. The second kappa shape index (κ2) is 7.41. The third kappa shape index (κ3) is 3.23. The van der Waals surface area contributed by atoms with Crippen molar-refractivity contribution in [3.8, 4) is 5.69 Å². The largest absolute Gasteiger partial charge is 0.612 e. The lowest BCUT2D eigenvalue weighted by molar-refractivity contribution is 0.600. The molecule has 1 aromatic carbocycles. The molecule has 3 aromatic heterocycles. The van der Waals surface area contributed by atoms with Crippen LogP contribution in [-0.2, 0) is 17.7 Å². The van der Waals surface area contributed by atoms with E-state index in [-0.39, 0.29) is 12.2 Å². The first kappa shape index (κ1) is 18.1. The average molecular weight is 392 g/mol. The zero-order chi connectivity index (χ0) is 19.7. The Kier molecular flexibility index (Phi) is 4.81. The summed E-state index contributed by atoms with van der Waals surface area (Å²) in [4.78, 5) is 35.1. The lowest BCUT2D eigenvalue weighted by Crippen LogP contribution is -2.40. The summed E-state index contributed by atoms with van der Waals surface area (Å²) in [5, 5.41) is 0.328. The van der Waals surface area contributed by atoms with Crippen LogP contribution in [0.3, 0.4) is 0 Å². The fraction of sp³-hybridized carbons (Fsp3) is 0.100. The molecule has 0 saturated carbocycles. The van der Waals surface area contributed by atoms with Crippen molar-refractivity contribution in [2.45, 2.75) is 11.4 Å². The first-order valence-corrected chi connectivity index (χ1v) is 10.1. The van der Waals surface area contributed by atoms with Gasteiger partial charge in [-0.1, -0.05) is 12.1 Å². The van der Waals surface area contributed by atoms with E-state index in [0.29, 0.717) is 16.0 Å². The molecule has 3 heterocycles. The molecule has 0 fully saturated rings. The third-order valence-corrected chi connectivity index (χ3v) is 5.29. The maximum Gasteiger partial charge on any atom is 0.337 e. The van der Waals surface area contributed by atoms with Crippen LogP contribution in [0.15, 0.2) is 81.6 Å². The summed E-state index contributed by atoms with van der Waals surface area (Å²) in [6.07, 6.45) is 6.35. The van der Waals surface area contributed by atoms with Gasteiger partial charge in [-0.25, -0.2) is 14.3 Å². The fourth-order valence-corrected chi connectivity index (χ4v) is 3.59. The minimum absolute atomic E-state index is 0.0930. The Labute approximate surface area is 163 Å². The van der Waals surface area contributed by atoms with E-state index in [4.69, 9.17) is 0 Å². The molecule has 1 unspecified atom stereocenters. The Hall–Kier alpha value is -3.23. The quantitative estimate of drug-likeness (QED) is 0.493. The van der Waals surface area contributed by atoms with Crippen LogP contribution >= 0.6 is 0 Å². The number of hydrogen-bond acceptors (Lipinski definition) is 5. The van der Waals surface area contributed by atoms with Crippen molar-refractivity contribution in [1.29, 1.82) is 0 Å². The molecule has 0 saturated heterocycles. The first-order chi connectivity index (χ1) is 13.6. The molecule has 0 amide bonds. The highest BCUT2D eigenvalue weighted by Gasteiger charge is 2.17. The Morgan fingerprint density at radius 1 is 1.07 bits per heavy atom. The van der Waals surface area contributed by atoms with Crippen molar-refractivity contribution < 1.29 is 4.55 Å². The van der Waals surface area contributed by atoms with Crippen LogP contribution < -0.4 is 11.2 Å². The van der Waals surface area contributed by atoms with Crippen molar-refractivity contribution in [3.63, 3.8) is 0 Å². The van der Waals surface area contributed by atoms with Gasteiger partial charge in [-0.3, -0.25) is 14.3 Å². The molecule has 0 aliphatic carbocycles. The molecule has 0 spiro atoms. The van der Waals surface area contributed by atoms with Crippen molar-refractivity contribution in [3.05, 3.63) is 93.5 Å². The molecular formula is C20H16N4O3S. The van der Waals surface area contributed by atoms with Gasteiger partial charge in [0.15, 0.2) is 10.5 Å². The normalized spacial score (nSPS) is 12.2. The molecular weight excluding hydrogens is 376 g/mol. The molecule has 28 heavy (non-hydrogen) atoms. The number of aromatic nitrogens is 4. The predicted molar refractivity (Wildman–Crippen MR) is 107 cm³/mol. The Morgan fingerprint density at radius 3 is 2.64 bits per heavy atom. The maximum atomic E-state index is 13.3. The molecule has 0 radical (unpaired) electrons. The van der Waals surface area contributed by atoms with Crippen LogP contribution in [0.5, 0.6) is 0 Å². The van der Waals surface area contributed by atoms with E-state index >= 15 is 0 Å². The highest BCUT2D eigenvalue weighted by Crippen LogP contribution is 2.16. The van der Waals surface area contributed by atoms with Crippen LogP contribution in [0.25, 0.3) is 16.7 Å². The topological polar surface area (TPSA) is 92.8 Å². The van der Waals surface area contributed by atoms with E-state index < -0.39 is 22.4 Å². The van der Waals surface area contributed by atoms with Crippen LogP contribution in [0.4, 0.5) is 0 Å². The second-order valence-corrected chi connectivity index (χ2v) is 7.58. The third-order valence-electron chi connectivity index (χ3n) is 4.37. The number of pyridine rings is 2. The SMILES string of the molecule is C[S+]([O-])c1cccc(-n2c(=O)n(Cc3cccnc3)c(=O)c3cccnc32)c1. The monoisotopic (exact) mass is 392 g/mol. The van der Waals surface area contributed by atoms with Gasteiger partial charge in [-0.2, -0.15) is 0 Å². The first-order valence-electron chi connectivity index (χ1n) is 8.49. The molecule has 140 valence electrons.